The van der Waals surface area contributed by atoms with Crippen LogP contribution in [0.2, 0.25) is 0 Å². The van der Waals surface area contributed by atoms with Gasteiger partial charge in [0.25, 0.3) is 0 Å². The Labute approximate surface area is 544 Å². The zero-order chi connectivity index (χ0) is 61.8. The van der Waals surface area contributed by atoms with Gasteiger partial charge < -0.3 is 4.57 Å². The normalized spacial score (nSPS) is 11.8. The molecular weight excluding hydrogens is 1190 g/mol. The molecule has 438 valence electrons. The summed E-state index contributed by atoms with van der Waals surface area (Å²) in [6.07, 6.45) is 0. The lowest BCUT2D eigenvalue weighted by atomic mass is 10.0. The highest BCUT2D eigenvalue weighted by atomic mass is 32.1. The van der Waals surface area contributed by atoms with E-state index in [1.54, 1.807) is 0 Å². The van der Waals surface area contributed by atoms with Gasteiger partial charge >= 0.3 is 0 Å². The van der Waals surface area contributed by atoms with Crippen molar-refractivity contribution in [2.45, 2.75) is 0 Å². The standard InChI is InChI=1S/C80H46N12S2/c1-5-21-47(22-6-1)72-82-73(48-23-7-2-8-24-48)85-76(84-72)78-88-79(77-86-74(49-25-9-3-10-26-49)83-75(87-77)50-27-11-4-12-28-50)90-80(89-78)92-63-34-18-14-32-57(63)71-65(92)40-39-64-70(71)56-31-13-17-33-62(56)91(64)53-45-60(51-37-41-68-58(43-51)54-29-15-19-35-66(54)93-68)81-61(46-53)52-38-42-69-59(44-52)55-30-16-20-36-67(55)94-69/h1-46H. The molecule has 0 atom stereocenters. The van der Waals surface area contributed by atoms with Gasteiger partial charge in [0.15, 0.2) is 23.3 Å². The second-order valence-electron chi connectivity index (χ2n) is 23.1. The molecule has 0 amide bonds. The first kappa shape index (κ1) is 53.5. The van der Waals surface area contributed by atoms with E-state index in [0.29, 0.717) is 29.2 Å². The van der Waals surface area contributed by atoms with E-state index in [4.69, 9.17) is 49.8 Å². The van der Waals surface area contributed by atoms with Crippen LogP contribution in [0.1, 0.15) is 0 Å². The lowest BCUT2D eigenvalue weighted by molar-refractivity contribution is 0.919. The number of nitrogens with zero attached hydrogens (tertiary/aromatic N) is 12. The Hall–Kier alpha value is -12.4. The van der Waals surface area contributed by atoms with Crippen LogP contribution in [0.15, 0.2) is 279 Å². The minimum atomic E-state index is 0.199. The molecular formula is C80H46N12S2. The van der Waals surface area contributed by atoms with E-state index in [1.165, 1.54) is 40.3 Å². The number of para-hydroxylation sites is 2. The van der Waals surface area contributed by atoms with Gasteiger partial charge in [0.1, 0.15) is 0 Å². The van der Waals surface area contributed by atoms with Gasteiger partial charge in [-0.1, -0.05) is 206 Å². The molecule has 14 heteroatoms. The van der Waals surface area contributed by atoms with Gasteiger partial charge in [-0.15, -0.1) is 22.7 Å². The number of thiophene rings is 2. The molecule has 8 aromatic heterocycles. The molecule has 19 aromatic rings. The Morgan fingerprint density at radius 1 is 0.213 bits per heavy atom. The summed E-state index contributed by atoms with van der Waals surface area (Å²) >= 11 is 3.64. The maximum Gasteiger partial charge on any atom is 0.239 e. The van der Waals surface area contributed by atoms with Crippen LogP contribution in [-0.4, -0.2) is 59.0 Å². The molecule has 0 radical (unpaired) electrons. The second kappa shape index (κ2) is 21.7. The first-order valence-electron chi connectivity index (χ1n) is 30.9. The van der Waals surface area contributed by atoms with Crippen LogP contribution in [-0.2, 0) is 0 Å². The topological polar surface area (TPSA) is 139 Å². The van der Waals surface area contributed by atoms with E-state index in [0.717, 1.165) is 94.1 Å². The van der Waals surface area contributed by atoms with E-state index in [9.17, 15) is 0 Å². The van der Waals surface area contributed by atoms with Crippen LogP contribution in [0.4, 0.5) is 0 Å². The molecule has 12 nitrogen and oxygen atoms in total. The highest BCUT2D eigenvalue weighted by Crippen LogP contribution is 2.45. The Bertz CT molecular complexity index is 5850. The zero-order valence-corrected chi connectivity index (χ0v) is 51.4. The Balaban J connectivity index is 0.861. The zero-order valence-electron chi connectivity index (χ0n) is 49.7. The Morgan fingerprint density at radius 2 is 0.543 bits per heavy atom. The maximum atomic E-state index is 5.60. The first-order chi connectivity index (χ1) is 46.5. The van der Waals surface area contributed by atoms with Crippen LogP contribution in [0, 0.1) is 0 Å². The number of pyridine rings is 1. The maximum absolute atomic E-state index is 5.60. The minimum Gasteiger partial charge on any atom is -0.309 e. The number of rotatable bonds is 10. The van der Waals surface area contributed by atoms with Gasteiger partial charge in [-0.25, -0.2) is 39.9 Å². The van der Waals surface area contributed by atoms with Crippen molar-refractivity contribution in [2.75, 3.05) is 0 Å². The summed E-state index contributed by atoms with van der Waals surface area (Å²) in [4.78, 5) is 52.5. The van der Waals surface area contributed by atoms with Gasteiger partial charge in [-0.3, -0.25) is 4.57 Å². The number of fused-ring (bicyclic) bond motifs is 13. The SMILES string of the molecule is c1ccc(-c2nc(-c3ccccc3)nc(-c3nc(-c4nc(-c5ccccc5)nc(-c5ccccc5)n4)nc(-n4c5ccccc5c5c6c7ccccc7n(-c7cc(-c8ccc9sc%10ccccc%10c9c8)nc(-c8ccc9sc%10ccccc%10c9c8)c7)c6ccc54)n3)n2)cc1. The molecule has 0 fully saturated rings. The molecule has 0 aliphatic heterocycles. The van der Waals surface area contributed by atoms with E-state index in [-0.39, 0.29) is 23.3 Å². The molecule has 0 aliphatic rings. The fourth-order valence-corrected chi connectivity index (χ4v) is 15.4. The van der Waals surface area contributed by atoms with Gasteiger partial charge in [-0.2, -0.15) is 9.97 Å². The average Bonchev–Trinajstić information content (AvgIpc) is 1.55. The van der Waals surface area contributed by atoms with E-state index >= 15 is 0 Å². The summed E-state index contributed by atoms with van der Waals surface area (Å²) in [5.74, 6) is 3.05. The molecule has 8 heterocycles. The van der Waals surface area contributed by atoms with Gasteiger partial charge in [0, 0.05) is 95.3 Å². The molecule has 0 unspecified atom stereocenters. The van der Waals surface area contributed by atoms with Crippen molar-refractivity contribution >= 4 is 107 Å². The molecule has 19 rings (SSSR count). The molecule has 94 heavy (non-hydrogen) atoms. The molecule has 0 bridgehead atoms. The molecule has 0 N–H and O–H groups in total. The van der Waals surface area contributed by atoms with Crippen molar-refractivity contribution in [3.63, 3.8) is 0 Å². The summed E-state index contributed by atoms with van der Waals surface area (Å²) in [6.45, 7) is 0. The van der Waals surface area contributed by atoms with Crippen molar-refractivity contribution in [3.05, 3.63) is 279 Å². The fourth-order valence-electron chi connectivity index (χ4n) is 13.2. The molecule has 11 aromatic carbocycles. The Morgan fingerprint density at radius 3 is 0.979 bits per heavy atom. The van der Waals surface area contributed by atoms with Crippen LogP contribution >= 0.6 is 22.7 Å². The van der Waals surface area contributed by atoms with Crippen LogP contribution in [0.3, 0.4) is 0 Å². The van der Waals surface area contributed by atoms with Crippen molar-refractivity contribution < 1.29 is 0 Å². The first-order valence-corrected chi connectivity index (χ1v) is 32.5. The lowest BCUT2D eigenvalue weighted by Gasteiger charge is -2.14. The Kier molecular flexibility index (Phi) is 12.3. The monoisotopic (exact) mass is 1240 g/mol. The average molecular weight is 1240 g/mol. The third-order valence-corrected chi connectivity index (χ3v) is 19.8. The predicted molar refractivity (Wildman–Crippen MR) is 382 cm³/mol. The van der Waals surface area contributed by atoms with Crippen LogP contribution in [0.5, 0.6) is 0 Å². The lowest BCUT2D eigenvalue weighted by Crippen LogP contribution is -2.10. The number of hydrogen-bond donors (Lipinski definition) is 0. The highest BCUT2D eigenvalue weighted by Gasteiger charge is 2.26. The smallest absolute Gasteiger partial charge is 0.239 e. The van der Waals surface area contributed by atoms with Gasteiger partial charge in [0.2, 0.25) is 29.2 Å². The summed E-state index contributed by atoms with van der Waals surface area (Å²) in [7, 11) is 0. The molecule has 0 aliphatic carbocycles. The number of aromatic nitrogens is 12. The van der Waals surface area contributed by atoms with Gasteiger partial charge in [0.05, 0.1) is 39.1 Å². The van der Waals surface area contributed by atoms with E-state index in [2.05, 4.69) is 167 Å². The van der Waals surface area contributed by atoms with Gasteiger partial charge in [-0.05, 0) is 72.8 Å². The molecule has 0 spiro atoms. The minimum absolute atomic E-state index is 0.199. The van der Waals surface area contributed by atoms with Crippen LogP contribution < -0.4 is 0 Å². The van der Waals surface area contributed by atoms with E-state index < -0.39 is 0 Å². The largest absolute Gasteiger partial charge is 0.309 e. The summed E-state index contributed by atoms with van der Waals surface area (Å²) in [5, 5.41) is 9.11. The van der Waals surface area contributed by atoms with Crippen molar-refractivity contribution in [1.82, 2.24) is 59.0 Å². The molecule has 0 saturated carbocycles. The number of hydrogen-bond acceptors (Lipinski definition) is 12. The summed E-state index contributed by atoms with van der Waals surface area (Å²) in [6, 6.07) is 96.6. The van der Waals surface area contributed by atoms with Crippen molar-refractivity contribution in [1.29, 1.82) is 0 Å². The van der Waals surface area contributed by atoms with Crippen molar-refractivity contribution in [2.24, 2.45) is 0 Å². The number of benzene rings is 11. The predicted octanol–water partition coefficient (Wildman–Crippen LogP) is 19.9. The van der Waals surface area contributed by atoms with Crippen LogP contribution in [0.25, 0.3) is 187 Å². The molecule has 0 saturated heterocycles. The fraction of sp³-hybridized carbons (Fsp3) is 0. The van der Waals surface area contributed by atoms with Crippen molar-refractivity contribution in [3.8, 4) is 103 Å². The third-order valence-electron chi connectivity index (χ3n) is 17.5. The second-order valence-corrected chi connectivity index (χ2v) is 25.3. The highest BCUT2D eigenvalue weighted by molar-refractivity contribution is 7.26. The third kappa shape index (κ3) is 8.95. The summed E-state index contributed by atoms with van der Waals surface area (Å²) in [5.41, 5.74) is 11.9. The van der Waals surface area contributed by atoms with E-state index in [1.807, 2.05) is 144 Å². The summed E-state index contributed by atoms with van der Waals surface area (Å²) < 4.78 is 9.54. The quantitative estimate of drug-likeness (QED) is 0.130.